The van der Waals surface area contributed by atoms with Crippen LogP contribution in [0.25, 0.3) is 0 Å². The van der Waals surface area contributed by atoms with Crippen molar-refractivity contribution in [3.63, 3.8) is 0 Å². The van der Waals surface area contributed by atoms with E-state index in [-0.39, 0.29) is 0 Å². The van der Waals surface area contributed by atoms with Crippen LogP contribution in [0.2, 0.25) is 0 Å². The van der Waals surface area contributed by atoms with E-state index < -0.39 is 5.60 Å². The molecular weight excluding hydrogens is 200 g/mol. The molecule has 94 valence electrons. The van der Waals surface area contributed by atoms with E-state index in [0.717, 1.165) is 24.3 Å². The number of aliphatic hydroxyl groups is 1. The molecule has 0 aromatic heterocycles. The van der Waals surface area contributed by atoms with E-state index >= 15 is 0 Å². The van der Waals surface area contributed by atoms with E-state index in [4.69, 9.17) is 5.73 Å². The molecule has 0 aliphatic heterocycles. The van der Waals surface area contributed by atoms with Gasteiger partial charge >= 0.3 is 0 Å². The van der Waals surface area contributed by atoms with E-state index in [0.29, 0.717) is 13.1 Å². The van der Waals surface area contributed by atoms with Crippen molar-refractivity contribution in [3.05, 3.63) is 0 Å². The SMILES string of the molecule is CN(CC1CC2CCC1C2)CC(C)(O)CN. The molecule has 3 nitrogen and oxygen atoms in total. The van der Waals surface area contributed by atoms with Crippen LogP contribution < -0.4 is 5.73 Å². The van der Waals surface area contributed by atoms with Gasteiger partial charge in [-0.1, -0.05) is 6.42 Å². The third-order valence-electron chi connectivity index (χ3n) is 4.48. The molecule has 16 heavy (non-hydrogen) atoms. The predicted molar refractivity (Wildman–Crippen MR) is 66.1 cm³/mol. The van der Waals surface area contributed by atoms with Gasteiger partial charge in [-0.3, -0.25) is 0 Å². The van der Waals surface area contributed by atoms with Gasteiger partial charge in [0, 0.05) is 19.6 Å². The van der Waals surface area contributed by atoms with Crippen LogP contribution in [-0.4, -0.2) is 42.3 Å². The molecule has 2 bridgehead atoms. The second-order valence-electron chi connectivity index (χ2n) is 6.33. The summed E-state index contributed by atoms with van der Waals surface area (Å²) >= 11 is 0. The van der Waals surface area contributed by atoms with Crippen molar-refractivity contribution in [3.8, 4) is 0 Å². The summed E-state index contributed by atoms with van der Waals surface area (Å²) in [6.45, 7) is 3.99. The molecule has 3 heteroatoms. The van der Waals surface area contributed by atoms with Gasteiger partial charge in [0.2, 0.25) is 0 Å². The minimum absolute atomic E-state index is 0.341. The summed E-state index contributed by atoms with van der Waals surface area (Å²) in [4.78, 5) is 2.26. The van der Waals surface area contributed by atoms with Crippen molar-refractivity contribution in [1.82, 2.24) is 4.90 Å². The number of nitrogens with two attached hydrogens (primary N) is 1. The van der Waals surface area contributed by atoms with Crippen LogP contribution in [0, 0.1) is 17.8 Å². The Morgan fingerprint density at radius 3 is 2.62 bits per heavy atom. The maximum absolute atomic E-state index is 9.93. The molecule has 3 N–H and O–H groups in total. The maximum atomic E-state index is 9.93. The first-order valence-electron chi connectivity index (χ1n) is 6.61. The summed E-state index contributed by atoms with van der Waals surface area (Å²) in [5.41, 5.74) is 4.82. The van der Waals surface area contributed by atoms with Crippen molar-refractivity contribution in [2.75, 3.05) is 26.7 Å². The van der Waals surface area contributed by atoms with Crippen LogP contribution >= 0.6 is 0 Å². The minimum Gasteiger partial charge on any atom is -0.388 e. The molecule has 0 saturated heterocycles. The monoisotopic (exact) mass is 226 g/mol. The van der Waals surface area contributed by atoms with Gasteiger partial charge in [0.25, 0.3) is 0 Å². The third kappa shape index (κ3) is 2.76. The topological polar surface area (TPSA) is 49.5 Å². The fourth-order valence-corrected chi connectivity index (χ4v) is 3.71. The Bertz CT molecular complexity index is 242. The zero-order valence-electron chi connectivity index (χ0n) is 10.7. The van der Waals surface area contributed by atoms with Gasteiger partial charge in [0.05, 0.1) is 5.60 Å². The van der Waals surface area contributed by atoms with Gasteiger partial charge < -0.3 is 15.7 Å². The normalized spacial score (nSPS) is 36.9. The molecule has 4 unspecified atom stereocenters. The number of rotatable bonds is 5. The Morgan fingerprint density at radius 2 is 2.12 bits per heavy atom. The molecule has 2 fully saturated rings. The van der Waals surface area contributed by atoms with Crippen LogP contribution in [0.4, 0.5) is 0 Å². The molecule has 0 aromatic carbocycles. The minimum atomic E-state index is -0.730. The largest absolute Gasteiger partial charge is 0.388 e. The van der Waals surface area contributed by atoms with Crippen molar-refractivity contribution >= 4 is 0 Å². The Hall–Kier alpha value is -0.120. The molecule has 2 saturated carbocycles. The summed E-state index contributed by atoms with van der Waals surface area (Å²) < 4.78 is 0. The quantitative estimate of drug-likeness (QED) is 0.737. The highest BCUT2D eigenvalue weighted by Crippen LogP contribution is 2.48. The molecular formula is C13H26N2O. The van der Waals surface area contributed by atoms with Crippen LogP contribution in [0.1, 0.15) is 32.6 Å². The molecule has 2 aliphatic rings. The molecule has 0 spiro atoms. The molecule has 0 aromatic rings. The summed E-state index contributed by atoms with van der Waals surface area (Å²) in [5.74, 6) is 2.85. The van der Waals surface area contributed by atoms with Gasteiger partial charge in [0.1, 0.15) is 0 Å². The van der Waals surface area contributed by atoms with E-state index in [9.17, 15) is 5.11 Å². The van der Waals surface area contributed by atoms with Crippen LogP contribution in [0.5, 0.6) is 0 Å². The van der Waals surface area contributed by atoms with Crippen molar-refractivity contribution < 1.29 is 5.11 Å². The van der Waals surface area contributed by atoms with Crippen LogP contribution in [-0.2, 0) is 0 Å². The first-order chi connectivity index (χ1) is 7.50. The number of fused-ring (bicyclic) bond motifs is 2. The Morgan fingerprint density at radius 1 is 1.38 bits per heavy atom. The zero-order chi connectivity index (χ0) is 11.8. The molecule has 0 amide bonds. The lowest BCUT2D eigenvalue weighted by atomic mass is 9.88. The second kappa shape index (κ2) is 4.63. The molecule has 0 heterocycles. The van der Waals surface area contributed by atoms with Gasteiger partial charge in [-0.15, -0.1) is 0 Å². The molecule has 4 atom stereocenters. The van der Waals surface area contributed by atoms with Crippen molar-refractivity contribution in [1.29, 1.82) is 0 Å². The fraction of sp³-hybridized carbons (Fsp3) is 1.00. The molecule has 2 aliphatic carbocycles. The Balaban J connectivity index is 1.77. The van der Waals surface area contributed by atoms with E-state index in [1.165, 1.54) is 25.7 Å². The van der Waals surface area contributed by atoms with Gasteiger partial charge in [-0.05, 0) is 51.0 Å². The highest BCUT2D eigenvalue weighted by atomic mass is 16.3. The predicted octanol–water partition coefficient (Wildman–Crippen LogP) is 1.06. The molecule has 0 radical (unpaired) electrons. The Kier molecular flexibility index (Phi) is 3.57. The lowest BCUT2D eigenvalue weighted by molar-refractivity contribution is 0.0285. The fourth-order valence-electron chi connectivity index (χ4n) is 3.71. The molecule has 2 rings (SSSR count). The summed E-state index contributed by atoms with van der Waals surface area (Å²) in [7, 11) is 2.11. The van der Waals surface area contributed by atoms with Crippen molar-refractivity contribution in [2.24, 2.45) is 23.5 Å². The van der Waals surface area contributed by atoms with E-state index in [2.05, 4.69) is 11.9 Å². The lowest BCUT2D eigenvalue weighted by Crippen LogP contribution is -2.46. The second-order valence-corrected chi connectivity index (χ2v) is 6.33. The van der Waals surface area contributed by atoms with Gasteiger partial charge in [0.15, 0.2) is 0 Å². The lowest BCUT2D eigenvalue weighted by Gasteiger charge is -2.32. The highest BCUT2D eigenvalue weighted by Gasteiger charge is 2.39. The van der Waals surface area contributed by atoms with E-state index in [1.54, 1.807) is 0 Å². The number of hydrogen-bond acceptors (Lipinski definition) is 3. The summed E-state index contributed by atoms with van der Waals surface area (Å²) in [6, 6.07) is 0. The average molecular weight is 226 g/mol. The van der Waals surface area contributed by atoms with Crippen LogP contribution in [0.15, 0.2) is 0 Å². The number of likely N-dealkylation sites (N-methyl/N-ethyl adjacent to an activating group) is 1. The van der Waals surface area contributed by atoms with Gasteiger partial charge in [-0.25, -0.2) is 0 Å². The highest BCUT2D eigenvalue weighted by molar-refractivity contribution is 4.91. The standard InChI is InChI=1S/C13H26N2O/c1-13(16,8-14)9-15(2)7-12-6-10-3-4-11(12)5-10/h10-12,16H,3-9,14H2,1-2H3. The zero-order valence-corrected chi connectivity index (χ0v) is 10.7. The first kappa shape index (κ1) is 12.3. The average Bonchev–Trinajstić information content (AvgIpc) is 2.78. The number of nitrogens with zero attached hydrogens (tertiary/aromatic N) is 1. The maximum Gasteiger partial charge on any atom is 0.0867 e. The third-order valence-corrected chi connectivity index (χ3v) is 4.48. The smallest absolute Gasteiger partial charge is 0.0867 e. The number of hydrogen-bond donors (Lipinski definition) is 2. The summed E-state index contributed by atoms with van der Waals surface area (Å²) in [6.07, 6.45) is 5.79. The van der Waals surface area contributed by atoms with E-state index in [1.807, 2.05) is 6.92 Å². The Labute approximate surface area is 99.0 Å². The van der Waals surface area contributed by atoms with Crippen LogP contribution in [0.3, 0.4) is 0 Å². The van der Waals surface area contributed by atoms with Crippen molar-refractivity contribution in [2.45, 2.75) is 38.2 Å². The summed E-state index contributed by atoms with van der Waals surface area (Å²) in [5, 5.41) is 9.93. The first-order valence-corrected chi connectivity index (χ1v) is 6.61. The van der Waals surface area contributed by atoms with Gasteiger partial charge in [-0.2, -0.15) is 0 Å².